The molecule has 3 nitrogen and oxygen atoms in total. The smallest absolute Gasteiger partial charge is 0.241 e. The summed E-state index contributed by atoms with van der Waals surface area (Å²) in [6, 6.07) is 5.20. The number of aryl methyl sites for hydroxylation is 1. The van der Waals surface area contributed by atoms with Crippen LogP contribution in [0.1, 0.15) is 26.3 Å². The van der Waals surface area contributed by atoms with Gasteiger partial charge in [0.25, 0.3) is 0 Å². The highest BCUT2D eigenvalue weighted by Crippen LogP contribution is 2.22. The highest BCUT2D eigenvalue weighted by molar-refractivity contribution is 9.10. The van der Waals surface area contributed by atoms with E-state index in [1.54, 1.807) is 0 Å². The van der Waals surface area contributed by atoms with Crippen LogP contribution in [0, 0.1) is 12.3 Å². The number of benzene rings is 1. The van der Waals surface area contributed by atoms with Crippen LogP contribution in [0.25, 0.3) is 0 Å². The zero-order valence-corrected chi connectivity index (χ0v) is 12.3. The lowest BCUT2D eigenvalue weighted by Crippen LogP contribution is -2.45. The molecule has 0 heterocycles. The highest BCUT2D eigenvalue weighted by Gasteiger charge is 2.27. The van der Waals surface area contributed by atoms with E-state index in [1.165, 1.54) is 0 Å². The predicted octanol–water partition coefficient (Wildman–Crippen LogP) is 3.07. The van der Waals surface area contributed by atoms with E-state index >= 15 is 0 Å². The van der Waals surface area contributed by atoms with Crippen LogP contribution in [-0.2, 0) is 4.79 Å². The van der Waals surface area contributed by atoms with Crippen molar-refractivity contribution in [2.24, 2.45) is 11.1 Å². The van der Waals surface area contributed by atoms with E-state index in [1.807, 2.05) is 45.9 Å². The fraction of sp³-hybridized carbons (Fsp3) is 0.462. The molecular weight excluding hydrogens is 280 g/mol. The van der Waals surface area contributed by atoms with Crippen LogP contribution in [0.3, 0.4) is 0 Å². The summed E-state index contributed by atoms with van der Waals surface area (Å²) in [4.78, 5) is 11.9. The first-order chi connectivity index (χ1) is 7.71. The van der Waals surface area contributed by atoms with Gasteiger partial charge in [0.2, 0.25) is 5.91 Å². The van der Waals surface area contributed by atoms with Gasteiger partial charge in [-0.2, -0.15) is 0 Å². The molecule has 3 N–H and O–H groups in total. The summed E-state index contributed by atoms with van der Waals surface area (Å²) in [6.07, 6.45) is 0. The third-order valence-corrected chi connectivity index (χ3v) is 3.16. The Morgan fingerprint density at radius 2 is 2.00 bits per heavy atom. The van der Waals surface area contributed by atoms with Crippen molar-refractivity contribution in [1.82, 2.24) is 0 Å². The van der Waals surface area contributed by atoms with Crippen molar-refractivity contribution in [3.05, 3.63) is 28.2 Å². The van der Waals surface area contributed by atoms with Crippen molar-refractivity contribution in [2.75, 3.05) is 5.32 Å². The Balaban J connectivity index is 2.82. The molecule has 0 radical (unpaired) electrons. The van der Waals surface area contributed by atoms with Crippen LogP contribution in [0.4, 0.5) is 5.69 Å². The molecule has 0 bridgehead atoms. The lowest BCUT2D eigenvalue weighted by Gasteiger charge is -2.26. The Labute approximate surface area is 111 Å². The third-order valence-electron chi connectivity index (χ3n) is 2.66. The minimum Gasteiger partial charge on any atom is -0.324 e. The second kappa shape index (κ2) is 5.19. The maximum Gasteiger partial charge on any atom is 0.241 e. The fourth-order valence-corrected chi connectivity index (χ4v) is 1.85. The molecule has 1 aromatic rings. The third kappa shape index (κ3) is 3.82. The number of amides is 1. The fourth-order valence-electron chi connectivity index (χ4n) is 1.37. The van der Waals surface area contributed by atoms with Crippen molar-refractivity contribution in [3.63, 3.8) is 0 Å². The molecule has 0 aliphatic rings. The largest absolute Gasteiger partial charge is 0.324 e. The standard InChI is InChI=1S/C13H19BrN2O/c1-8-7-9(14)5-6-10(8)16-12(17)11(15)13(2,3)4/h5-7,11H,15H2,1-4H3,(H,16,17). The number of nitrogens with one attached hydrogen (secondary N) is 1. The molecule has 0 saturated heterocycles. The molecule has 1 amide bonds. The van der Waals surface area contributed by atoms with Crippen LogP contribution >= 0.6 is 15.9 Å². The topological polar surface area (TPSA) is 55.1 Å². The lowest BCUT2D eigenvalue weighted by atomic mass is 9.87. The van der Waals surface area contributed by atoms with Crippen LogP contribution in [0.15, 0.2) is 22.7 Å². The van der Waals surface area contributed by atoms with E-state index in [9.17, 15) is 4.79 Å². The summed E-state index contributed by atoms with van der Waals surface area (Å²) >= 11 is 3.39. The number of carbonyl (C=O) groups is 1. The maximum absolute atomic E-state index is 11.9. The van der Waals surface area contributed by atoms with Crippen molar-refractivity contribution >= 4 is 27.5 Å². The number of anilines is 1. The van der Waals surface area contributed by atoms with Crippen molar-refractivity contribution < 1.29 is 4.79 Å². The lowest BCUT2D eigenvalue weighted by molar-refractivity contribution is -0.119. The monoisotopic (exact) mass is 298 g/mol. The minimum atomic E-state index is -0.523. The van der Waals surface area contributed by atoms with Gasteiger partial charge >= 0.3 is 0 Å². The van der Waals surface area contributed by atoms with Crippen LogP contribution in [0.2, 0.25) is 0 Å². The van der Waals surface area contributed by atoms with Gasteiger partial charge in [-0.1, -0.05) is 36.7 Å². The first kappa shape index (κ1) is 14.2. The Kier molecular flexibility index (Phi) is 4.33. The van der Waals surface area contributed by atoms with E-state index < -0.39 is 6.04 Å². The van der Waals surface area contributed by atoms with Crippen LogP contribution < -0.4 is 11.1 Å². The van der Waals surface area contributed by atoms with Gasteiger partial charge in [-0.25, -0.2) is 0 Å². The number of nitrogens with two attached hydrogens (primary N) is 1. The van der Waals surface area contributed by atoms with Crippen molar-refractivity contribution in [1.29, 1.82) is 0 Å². The van der Waals surface area contributed by atoms with E-state index in [-0.39, 0.29) is 11.3 Å². The number of hydrogen-bond donors (Lipinski definition) is 2. The van der Waals surface area contributed by atoms with Gasteiger partial charge in [-0.05, 0) is 36.1 Å². The minimum absolute atomic E-state index is 0.150. The summed E-state index contributed by atoms with van der Waals surface area (Å²) in [5, 5.41) is 2.86. The molecule has 1 unspecified atom stereocenters. The van der Waals surface area contributed by atoms with Gasteiger partial charge in [0.15, 0.2) is 0 Å². The number of halogens is 1. The molecule has 94 valence electrons. The Morgan fingerprint density at radius 1 is 1.41 bits per heavy atom. The van der Waals surface area contributed by atoms with Gasteiger partial charge < -0.3 is 11.1 Å². The summed E-state index contributed by atoms with van der Waals surface area (Å²) < 4.78 is 0.994. The first-order valence-corrected chi connectivity index (χ1v) is 6.33. The van der Waals surface area contributed by atoms with Crippen molar-refractivity contribution in [3.8, 4) is 0 Å². The zero-order valence-electron chi connectivity index (χ0n) is 10.7. The van der Waals surface area contributed by atoms with Crippen LogP contribution in [0.5, 0.6) is 0 Å². The molecular formula is C13H19BrN2O. The molecule has 0 aromatic heterocycles. The highest BCUT2D eigenvalue weighted by atomic mass is 79.9. The summed E-state index contributed by atoms with van der Waals surface area (Å²) in [5.41, 5.74) is 7.47. The van der Waals surface area contributed by atoms with E-state index in [0.29, 0.717) is 0 Å². The Morgan fingerprint density at radius 3 is 2.47 bits per heavy atom. The Hall–Kier alpha value is -0.870. The van der Waals surface area contributed by atoms with Gasteiger partial charge in [0.1, 0.15) is 0 Å². The molecule has 1 aromatic carbocycles. The number of hydrogen-bond acceptors (Lipinski definition) is 2. The van der Waals surface area contributed by atoms with Gasteiger partial charge in [-0.15, -0.1) is 0 Å². The molecule has 4 heteroatoms. The normalized spacial score (nSPS) is 13.3. The first-order valence-electron chi connectivity index (χ1n) is 5.54. The molecule has 0 aliphatic heterocycles. The molecule has 0 fully saturated rings. The van der Waals surface area contributed by atoms with Crippen molar-refractivity contribution in [2.45, 2.75) is 33.7 Å². The number of rotatable bonds is 2. The maximum atomic E-state index is 11.9. The molecule has 1 atom stereocenters. The van der Waals surface area contributed by atoms with Gasteiger partial charge in [-0.3, -0.25) is 4.79 Å². The van der Waals surface area contributed by atoms with Gasteiger partial charge in [0.05, 0.1) is 6.04 Å². The zero-order chi connectivity index (χ0) is 13.2. The molecule has 17 heavy (non-hydrogen) atoms. The van der Waals surface area contributed by atoms with Gasteiger partial charge in [0, 0.05) is 10.2 Å². The average Bonchev–Trinajstić information content (AvgIpc) is 2.19. The quantitative estimate of drug-likeness (QED) is 0.881. The van der Waals surface area contributed by atoms with E-state index in [0.717, 1.165) is 15.7 Å². The number of carbonyl (C=O) groups excluding carboxylic acids is 1. The van der Waals surface area contributed by atoms with E-state index in [2.05, 4.69) is 21.2 Å². The van der Waals surface area contributed by atoms with Crippen LogP contribution in [-0.4, -0.2) is 11.9 Å². The molecule has 1 rings (SSSR count). The predicted molar refractivity (Wildman–Crippen MR) is 74.9 cm³/mol. The summed E-state index contributed by atoms with van der Waals surface area (Å²) in [6.45, 7) is 7.80. The summed E-state index contributed by atoms with van der Waals surface area (Å²) in [5.74, 6) is -0.150. The SMILES string of the molecule is Cc1cc(Br)ccc1NC(=O)C(N)C(C)(C)C. The Bertz CT molecular complexity index is 424. The second-order valence-corrected chi connectivity index (χ2v) is 6.21. The average molecular weight is 299 g/mol. The second-order valence-electron chi connectivity index (χ2n) is 5.29. The molecule has 0 aliphatic carbocycles. The summed E-state index contributed by atoms with van der Waals surface area (Å²) in [7, 11) is 0. The molecule has 0 saturated carbocycles. The van der Waals surface area contributed by atoms with E-state index in [4.69, 9.17) is 5.73 Å². The molecule has 0 spiro atoms.